The van der Waals surface area contributed by atoms with Gasteiger partial charge in [0.2, 0.25) is 0 Å². The molecule has 0 heterocycles. The molecule has 6 heteroatoms. The summed E-state index contributed by atoms with van der Waals surface area (Å²) in [4.78, 5) is 0. The molecule has 5 nitrogen and oxygen atoms in total. The van der Waals surface area contributed by atoms with E-state index >= 15 is 0 Å². The van der Waals surface area contributed by atoms with Crippen LogP contribution in [0.3, 0.4) is 0 Å². The molecule has 1 aliphatic carbocycles. The van der Waals surface area contributed by atoms with Gasteiger partial charge in [-0.25, -0.2) is 0 Å². The molecule has 4 aromatic rings. The predicted octanol–water partition coefficient (Wildman–Crippen LogP) is 6.91. The molecule has 0 spiro atoms. The molecule has 1 aliphatic rings. The molecule has 0 aromatic heterocycles. The maximum absolute atomic E-state index is 10.1. The molecule has 0 saturated heterocycles. The Kier molecular flexibility index (Phi) is 8.69. The highest BCUT2D eigenvalue weighted by molar-refractivity contribution is 7.98. The second kappa shape index (κ2) is 12.4. The Hall–Kier alpha value is -3.45. The fourth-order valence-corrected chi connectivity index (χ4v) is 7.25. The number of aliphatic hydroxyl groups is 2. The van der Waals surface area contributed by atoms with Gasteiger partial charge in [0.1, 0.15) is 17.2 Å². The van der Waals surface area contributed by atoms with Crippen LogP contribution in [0.4, 0.5) is 0 Å². The number of ether oxygens (including phenoxy) is 3. The molecular formula is C34H36O5S. The average Bonchev–Trinajstić information content (AvgIpc) is 3.33. The minimum Gasteiger partial charge on any atom is -0.497 e. The summed E-state index contributed by atoms with van der Waals surface area (Å²) in [6.07, 6.45) is 0. The largest absolute Gasteiger partial charge is 0.497 e. The first kappa shape index (κ1) is 28.1. The number of thioether (sulfide) groups is 1. The molecule has 2 N–H and O–H groups in total. The number of aryl methyl sites for hydroxylation is 1. The highest BCUT2D eigenvalue weighted by Gasteiger charge is 2.45. The molecule has 208 valence electrons. The Morgan fingerprint density at radius 3 is 1.98 bits per heavy atom. The lowest BCUT2D eigenvalue weighted by atomic mass is 9.80. The van der Waals surface area contributed by atoms with Gasteiger partial charge in [0, 0.05) is 28.4 Å². The topological polar surface area (TPSA) is 68.2 Å². The second-order valence-corrected chi connectivity index (χ2v) is 11.4. The van der Waals surface area contributed by atoms with Crippen molar-refractivity contribution in [1.82, 2.24) is 0 Å². The van der Waals surface area contributed by atoms with Gasteiger partial charge in [-0.05, 0) is 70.6 Å². The third kappa shape index (κ3) is 5.57. The lowest BCUT2D eigenvalue weighted by Crippen LogP contribution is -2.12. The molecule has 0 radical (unpaired) electrons. The van der Waals surface area contributed by atoms with E-state index in [1.54, 1.807) is 21.3 Å². The molecule has 0 amide bonds. The van der Waals surface area contributed by atoms with E-state index in [4.69, 9.17) is 14.2 Å². The van der Waals surface area contributed by atoms with E-state index in [-0.39, 0.29) is 30.3 Å². The molecule has 0 bridgehead atoms. The van der Waals surface area contributed by atoms with Crippen molar-refractivity contribution in [2.75, 3.05) is 21.3 Å². The van der Waals surface area contributed by atoms with Crippen molar-refractivity contribution in [1.29, 1.82) is 0 Å². The summed E-state index contributed by atoms with van der Waals surface area (Å²) in [6, 6.07) is 27.1. The van der Waals surface area contributed by atoms with Crippen molar-refractivity contribution in [3.05, 3.63) is 123 Å². The van der Waals surface area contributed by atoms with E-state index < -0.39 is 0 Å². The maximum atomic E-state index is 10.1. The van der Waals surface area contributed by atoms with Crippen LogP contribution in [0.2, 0.25) is 0 Å². The number of benzene rings is 4. The number of rotatable bonds is 10. The van der Waals surface area contributed by atoms with Gasteiger partial charge in [-0.1, -0.05) is 54.1 Å². The Morgan fingerprint density at radius 1 is 0.675 bits per heavy atom. The van der Waals surface area contributed by atoms with Crippen LogP contribution in [0.15, 0.2) is 78.9 Å². The van der Waals surface area contributed by atoms with Crippen LogP contribution in [-0.4, -0.2) is 31.5 Å². The van der Waals surface area contributed by atoms with Crippen molar-refractivity contribution < 1.29 is 24.4 Å². The summed E-state index contributed by atoms with van der Waals surface area (Å²) in [6.45, 7) is 1.97. The summed E-state index contributed by atoms with van der Waals surface area (Å²) in [7, 11) is 5.03. The molecule has 3 atom stereocenters. The lowest BCUT2D eigenvalue weighted by Gasteiger charge is -2.27. The van der Waals surface area contributed by atoms with Crippen LogP contribution in [0.25, 0.3) is 0 Å². The Bertz CT molecular complexity index is 1430. The van der Waals surface area contributed by atoms with Crippen molar-refractivity contribution in [2.45, 2.75) is 43.0 Å². The zero-order valence-electron chi connectivity index (χ0n) is 23.4. The Labute approximate surface area is 240 Å². The van der Waals surface area contributed by atoms with Gasteiger partial charge in [0.25, 0.3) is 0 Å². The van der Waals surface area contributed by atoms with E-state index in [0.717, 1.165) is 39.5 Å². The van der Waals surface area contributed by atoms with Crippen LogP contribution >= 0.6 is 11.8 Å². The molecule has 0 fully saturated rings. The quantitative estimate of drug-likeness (QED) is 0.221. The van der Waals surface area contributed by atoms with E-state index in [1.807, 2.05) is 36.0 Å². The Balaban J connectivity index is 1.70. The number of aliphatic hydroxyl groups excluding tert-OH is 2. The monoisotopic (exact) mass is 556 g/mol. The van der Waals surface area contributed by atoms with Gasteiger partial charge < -0.3 is 24.4 Å². The first-order valence-corrected chi connectivity index (χ1v) is 14.5. The fraction of sp³-hybridized carbons (Fsp3) is 0.294. The van der Waals surface area contributed by atoms with Crippen molar-refractivity contribution in [3.8, 4) is 17.2 Å². The highest BCUT2D eigenvalue weighted by Crippen LogP contribution is 2.62. The van der Waals surface area contributed by atoms with Crippen molar-refractivity contribution >= 4 is 11.8 Å². The van der Waals surface area contributed by atoms with Gasteiger partial charge in [-0.2, -0.15) is 0 Å². The van der Waals surface area contributed by atoms with E-state index in [1.165, 1.54) is 22.3 Å². The predicted molar refractivity (Wildman–Crippen MR) is 161 cm³/mol. The highest BCUT2D eigenvalue weighted by atomic mass is 32.2. The molecule has 4 aromatic carbocycles. The van der Waals surface area contributed by atoms with Crippen LogP contribution in [0.1, 0.15) is 61.6 Å². The zero-order chi connectivity index (χ0) is 28.2. The Morgan fingerprint density at radius 2 is 1.35 bits per heavy atom. The molecule has 0 aliphatic heterocycles. The van der Waals surface area contributed by atoms with Crippen LogP contribution in [-0.2, 0) is 19.0 Å². The van der Waals surface area contributed by atoms with Crippen LogP contribution < -0.4 is 14.2 Å². The average molecular weight is 557 g/mol. The van der Waals surface area contributed by atoms with E-state index in [2.05, 4.69) is 61.5 Å². The summed E-state index contributed by atoms with van der Waals surface area (Å²) in [5.74, 6) is 3.17. The first-order chi connectivity index (χ1) is 19.5. The lowest BCUT2D eigenvalue weighted by molar-refractivity contribution is 0.280. The summed E-state index contributed by atoms with van der Waals surface area (Å²) in [5.41, 5.74) is 8.66. The first-order valence-electron chi connectivity index (χ1n) is 13.4. The van der Waals surface area contributed by atoms with Gasteiger partial charge >= 0.3 is 0 Å². The molecular weight excluding hydrogens is 520 g/mol. The summed E-state index contributed by atoms with van der Waals surface area (Å²) >= 11 is 1.90. The zero-order valence-corrected chi connectivity index (χ0v) is 24.2. The van der Waals surface area contributed by atoms with Crippen LogP contribution in [0, 0.1) is 6.92 Å². The number of hydrogen-bond donors (Lipinski definition) is 2. The fourth-order valence-electron chi connectivity index (χ4n) is 5.79. The standard InChI is InChI=1S/C34H36O5S/c1-21-5-9-25(10-6-21)32-31(26-13-23(18-35)14-28(17-26)38-3)33-29(15-24(19-36)16-30(33)39-4)34(32)40-20-22-7-11-27(37-2)12-8-22/h5-17,31-32,34-36H,18-20H2,1-4H3/t31-,32-,34?/m0/s1. The number of fused-ring (bicyclic) bond motifs is 1. The third-order valence-corrected chi connectivity index (χ3v) is 9.16. The van der Waals surface area contributed by atoms with Gasteiger partial charge in [-0.15, -0.1) is 11.8 Å². The smallest absolute Gasteiger partial charge is 0.123 e. The third-order valence-electron chi connectivity index (χ3n) is 7.76. The molecule has 5 rings (SSSR count). The molecule has 40 heavy (non-hydrogen) atoms. The van der Waals surface area contributed by atoms with E-state index in [0.29, 0.717) is 5.75 Å². The van der Waals surface area contributed by atoms with Gasteiger partial charge in [0.15, 0.2) is 0 Å². The van der Waals surface area contributed by atoms with E-state index in [9.17, 15) is 10.2 Å². The minimum absolute atomic E-state index is 0.0471. The van der Waals surface area contributed by atoms with Crippen LogP contribution in [0.5, 0.6) is 17.2 Å². The normalized spacial score (nSPS) is 17.9. The number of hydrogen-bond acceptors (Lipinski definition) is 6. The maximum Gasteiger partial charge on any atom is 0.123 e. The molecule has 1 unspecified atom stereocenters. The minimum atomic E-state index is -0.0742. The van der Waals surface area contributed by atoms with Gasteiger partial charge in [-0.3, -0.25) is 0 Å². The number of methoxy groups -OCH3 is 3. The summed E-state index contributed by atoms with van der Waals surface area (Å²) in [5, 5.41) is 20.3. The van der Waals surface area contributed by atoms with Gasteiger partial charge in [0.05, 0.1) is 34.5 Å². The second-order valence-electron chi connectivity index (χ2n) is 10.2. The van der Waals surface area contributed by atoms with Crippen molar-refractivity contribution in [3.63, 3.8) is 0 Å². The SMILES string of the molecule is COc1ccc(CSC2c3cc(CO)cc(OC)c3[C@@H](c3cc(CO)cc(OC)c3)[C@@H]2c2ccc(C)cc2)cc1. The van der Waals surface area contributed by atoms with Crippen molar-refractivity contribution in [2.24, 2.45) is 0 Å². The molecule has 0 saturated carbocycles. The summed E-state index contributed by atoms with van der Waals surface area (Å²) < 4.78 is 17.0.